The fourth-order valence-corrected chi connectivity index (χ4v) is 2.92. The number of hydrogen-bond acceptors (Lipinski definition) is 3. The summed E-state index contributed by atoms with van der Waals surface area (Å²) in [4.78, 5) is 0. The van der Waals surface area contributed by atoms with Gasteiger partial charge in [0.05, 0.1) is 5.69 Å². The normalized spacial score (nSPS) is 12.4. The zero-order chi connectivity index (χ0) is 16.1. The predicted molar refractivity (Wildman–Crippen MR) is 75.2 cm³/mol. The van der Waals surface area contributed by atoms with Gasteiger partial charge in [0.2, 0.25) is 0 Å². The lowest BCUT2D eigenvalue weighted by atomic mass is 10.2. The molecule has 5 nitrogen and oxygen atoms in total. The van der Waals surface area contributed by atoms with Gasteiger partial charge in [0.1, 0.15) is 6.54 Å². The third kappa shape index (κ3) is 5.90. The van der Waals surface area contributed by atoms with Gasteiger partial charge in [-0.3, -0.25) is 4.31 Å². The third-order valence-electron chi connectivity index (χ3n) is 2.60. The molecule has 0 amide bonds. The summed E-state index contributed by atoms with van der Waals surface area (Å²) >= 11 is 0. The van der Waals surface area contributed by atoms with Gasteiger partial charge in [0.15, 0.2) is 0 Å². The molecule has 0 fully saturated rings. The molecule has 9 heteroatoms. The molecule has 0 heterocycles. The number of rotatable bonds is 7. The minimum atomic E-state index is -4.61. The van der Waals surface area contributed by atoms with Gasteiger partial charge in [-0.2, -0.15) is 26.3 Å². The fraction of sp³-hybridized carbons (Fsp3) is 0.500. The van der Waals surface area contributed by atoms with Crippen molar-refractivity contribution in [3.05, 3.63) is 29.8 Å². The standard InChI is InChI=1S/C12H18F3N3O2S/c1-10-4-2-5-11(8-10)18(7-3-6-16)21(19,20)17-9-12(13,14)15/h2,4-5,8,17H,3,6-7,9,16H2,1H3. The first kappa shape index (κ1) is 17.7. The second-order valence-corrected chi connectivity index (χ2v) is 6.17. The summed E-state index contributed by atoms with van der Waals surface area (Å²) in [7, 11) is -4.29. The first-order valence-corrected chi connectivity index (χ1v) is 7.70. The Hall–Kier alpha value is -1.32. The summed E-state index contributed by atoms with van der Waals surface area (Å²) in [6.45, 7) is 0.394. The van der Waals surface area contributed by atoms with Crippen LogP contribution in [0.25, 0.3) is 0 Å². The maximum atomic E-state index is 12.2. The van der Waals surface area contributed by atoms with Crippen molar-refractivity contribution >= 4 is 15.9 Å². The second kappa shape index (κ2) is 7.10. The smallest absolute Gasteiger partial charge is 0.330 e. The first-order chi connectivity index (χ1) is 9.65. The van der Waals surface area contributed by atoms with Gasteiger partial charge in [0.25, 0.3) is 0 Å². The van der Waals surface area contributed by atoms with E-state index in [1.807, 2.05) is 0 Å². The molecule has 0 aromatic heterocycles. The SMILES string of the molecule is Cc1cccc(N(CCCN)S(=O)(=O)NCC(F)(F)F)c1. The summed E-state index contributed by atoms with van der Waals surface area (Å²) in [6.07, 6.45) is -4.28. The molecule has 1 rings (SSSR count). The second-order valence-electron chi connectivity index (χ2n) is 4.49. The van der Waals surface area contributed by atoms with E-state index in [0.717, 1.165) is 9.87 Å². The average molecular weight is 325 g/mol. The predicted octanol–water partition coefficient (Wildman–Crippen LogP) is 1.55. The lowest BCUT2D eigenvalue weighted by Crippen LogP contribution is -2.45. The molecule has 0 aliphatic heterocycles. The van der Waals surface area contributed by atoms with E-state index in [9.17, 15) is 21.6 Å². The molecule has 0 bridgehead atoms. The van der Waals surface area contributed by atoms with E-state index in [2.05, 4.69) is 0 Å². The molecule has 0 unspecified atom stereocenters. The molecule has 1 aromatic rings. The molecule has 0 spiro atoms. The highest BCUT2D eigenvalue weighted by Gasteiger charge is 2.31. The van der Waals surface area contributed by atoms with Crippen LogP contribution >= 0.6 is 0 Å². The Morgan fingerprint density at radius 2 is 2.00 bits per heavy atom. The molecule has 1 aromatic carbocycles. The van der Waals surface area contributed by atoms with E-state index in [1.54, 1.807) is 29.8 Å². The van der Waals surface area contributed by atoms with Gasteiger partial charge in [-0.25, -0.2) is 0 Å². The molecule has 21 heavy (non-hydrogen) atoms. The summed E-state index contributed by atoms with van der Waals surface area (Å²) in [5.74, 6) is 0. The molecule has 0 aliphatic rings. The van der Waals surface area contributed by atoms with Crippen molar-refractivity contribution in [1.29, 1.82) is 0 Å². The van der Waals surface area contributed by atoms with Gasteiger partial charge in [-0.1, -0.05) is 12.1 Å². The van der Waals surface area contributed by atoms with E-state index >= 15 is 0 Å². The largest absolute Gasteiger partial charge is 0.402 e. The van der Waals surface area contributed by atoms with E-state index in [1.165, 1.54) is 6.07 Å². The van der Waals surface area contributed by atoms with Crippen LogP contribution in [-0.2, 0) is 10.2 Å². The Balaban J connectivity index is 3.01. The number of nitrogens with two attached hydrogens (primary N) is 1. The number of halogens is 3. The monoisotopic (exact) mass is 325 g/mol. The summed E-state index contributed by atoms with van der Waals surface area (Å²) in [5.41, 5.74) is 6.46. The van der Waals surface area contributed by atoms with Crippen LogP contribution < -0.4 is 14.8 Å². The lowest BCUT2D eigenvalue weighted by molar-refractivity contribution is -0.121. The summed E-state index contributed by atoms with van der Waals surface area (Å²) in [5, 5.41) is 0. The van der Waals surface area contributed by atoms with Crippen molar-refractivity contribution in [1.82, 2.24) is 4.72 Å². The molecular weight excluding hydrogens is 307 g/mol. The van der Waals surface area contributed by atoms with Crippen LogP contribution in [0.3, 0.4) is 0 Å². The quantitative estimate of drug-likeness (QED) is 0.798. The minimum Gasteiger partial charge on any atom is -0.330 e. The van der Waals surface area contributed by atoms with Crippen molar-refractivity contribution in [3.8, 4) is 0 Å². The minimum absolute atomic E-state index is 0.00709. The van der Waals surface area contributed by atoms with Crippen LogP contribution in [0.1, 0.15) is 12.0 Å². The van der Waals surface area contributed by atoms with Crippen LogP contribution in [0.4, 0.5) is 18.9 Å². The highest BCUT2D eigenvalue weighted by molar-refractivity contribution is 7.90. The Bertz CT molecular complexity index is 561. The number of anilines is 1. The van der Waals surface area contributed by atoms with E-state index in [4.69, 9.17) is 5.73 Å². The molecule has 120 valence electrons. The number of hydrogen-bond donors (Lipinski definition) is 2. The lowest BCUT2D eigenvalue weighted by Gasteiger charge is -2.25. The molecule has 0 saturated carbocycles. The van der Waals surface area contributed by atoms with E-state index in [0.29, 0.717) is 12.1 Å². The average Bonchev–Trinajstić information content (AvgIpc) is 2.36. The Kier molecular flexibility index (Phi) is 5.99. The van der Waals surface area contributed by atoms with Crippen molar-refractivity contribution in [2.24, 2.45) is 5.73 Å². The van der Waals surface area contributed by atoms with Crippen LogP contribution in [0.2, 0.25) is 0 Å². The van der Waals surface area contributed by atoms with Crippen molar-refractivity contribution in [2.75, 3.05) is 23.9 Å². The highest BCUT2D eigenvalue weighted by Crippen LogP contribution is 2.20. The molecule has 0 saturated heterocycles. The van der Waals surface area contributed by atoms with Crippen molar-refractivity contribution < 1.29 is 21.6 Å². The van der Waals surface area contributed by atoms with Crippen LogP contribution in [0, 0.1) is 6.92 Å². The molecular formula is C12H18F3N3O2S. The van der Waals surface area contributed by atoms with Gasteiger partial charge in [0, 0.05) is 6.54 Å². The molecule has 0 radical (unpaired) electrons. The van der Waals surface area contributed by atoms with Crippen LogP contribution in [0.5, 0.6) is 0 Å². The zero-order valence-electron chi connectivity index (χ0n) is 11.5. The Morgan fingerprint density at radius 1 is 1.33 bits per heavy atom. The third-order valence-corrected chi connectivity index (χ3v) is 4.08. The highest BCUT2D eigenvalue weighted by atomic mass is 32.2. The first-order valence-electron chi connectivity index (χ1n) is 6.26. The van der Waals surface area contributed by atoms with Crippen LogP contribution in [0.15, 0.2) is 24.3 Å². The van der Waals surface area contributed by atoms with Gasteiger partial charge in [-0.05, 0) is 37.6 Å². The van der Waals surface area contributed by atoms with E-state index in [-0.39, 0.29) is 13.1 Å². The number of aryl methyl sites for hydroxylation is 1. The fourth-order valence-electron chi connectivity index (χ4n) is 1.66. The topological polar surface area (TPSA) is 75.4 Å². The van der Waals surface area contributed by atoms with Crippen LogP contribution in [-0.4, -0.2) is 34.2 Å². The van der Waals surface area contributed by atoms with Gasteiger partial charge < -0.3 is 5.73 Å². The van der Waals surface area contributed by atoms with Crippen molar-refractivity contribution in [3.63, 3.8) is 0 Å². The molecule has 3 N–H and O–H groups in total. The molecule has 0 aliphatic carbocycles. The van der Waals surface area contributed by atoms with Gasteiger partial charge in [-0.15, -0.1) is 0 Å². The number of nitrogens with one attached hydrogen (secondary N) is 1. The number of alkyl halides is 3. The maximum Gasteiger partial charge on any atom is 0.402 e. The zero-order valence-corrected chi connectivity index (χ0v) is 12.3. The number of benzene rings is 1. The van der Waals surface area contributed by atoms with Crippen molar-refractivity contribution in [2.45, 2.75) is 19.5 Å². The van der Waals surface area contributed by atoms with E-state index < -0.39 is 22.9 Å². The summed E-state index contributed by atoms with van der Waals surface area (Å²) in [6, 6.07) is 6.51. The summed E-state index contributed by atoms with van der Waals surface area (Å²) < 4.78 is 63.2. The Labute approximate surface area is 122 Å². The number of nitrogens with zero attached hydrogens (tertiary/aromatic N) is 1. The Morgan fingerprint density at radius 3 is 2.52 bits per heavy atom. The molecule has 0 atom stereocenters. The maximum absolute atomic E-state index is 12.2. The van der Waals surface area contributed by atoms with Gasteiger partial charge >= 0.3 is 16.4 Å².